The number of urea groups is 1. The summed E-state index contributed by atoms with van der Waals surface area (Å²) in [6.07, 6.45) is 3.61. The summed E-state index contributed by atoms with van der Waals surface area (Å²) in [5, 5.41) is 5.65. The minimum absolute atomic E-state index is 0.132. The zero-order chi connectivity index (χ0) is 18.0. The van der Waals surface area contributed by atoms with Crippen LogP contribution in [0.1, 0.15) is 42.5 Å². The summed E-state index contributed by atoms with van der Waals surface area (Å²) in [6.45, 7) is 0.430. The molecule has 1 aromatic rings. The van der Waals surface area contributed by atoms with E-state index in [1.165, 1.54) is 17.0 Å². The quantitative estimate of drug-likeness (QED) is 0.620. The SMILES string of the molecule is O=C(NCCCN1C(=O)NC2(CCCC2)C1=O)c1cc(Cl)ccc1F. The van der Waals surface area contributed by atoms with E-state index in [4.69, 9.17) is 11.6 Å². The first-order valence-electron chi connectivity index (χ1n) is 8.30. The predicted octanol–water partition coefficient (Wildman–Crippen LogP) is 2.46. The van der Waals surface area contributed by atoms with E-state index in [1.807, 2.05) is 0 Å². The number of rotatable bonds is 5. The highest BCUT2D eigenvalue weighted by molar-refractivity contribution is 6.31. The normalized spacial score (nSPS) is 18.7. The number of carbonyl (C=O) groups excluding carboxylic acids is 3. The molecule has 4 amide bonds. The molecule has 3 rings (SSSR count). The van der Waals surface area contributed by atoms with Gasteiger partial charge in [-0.15, -0.1) is 0 Å². The van der Waals surface area contributed by atoms with E-state index in [2.05, 4.69) is 10.6 Å². The summed E-state index contributed by atoms with van der Waals surface area (Å²) in [4.78, 5) is 37.7. The number of benzene rings is 1. The number of hydrogen-bond acceptors (Lipinski definition) is 3. The molecule has 0 unspecified atom stereocenters. The highest BCUT2D eigenvalue weighted by atomic mass is 35.5. The molecule has 134 valence electrons. The molecular weight excluding hydrogens is 349 g/mol. The van der Waals surface area contributed by atoms with E-state index >= 15 is 0 Å². The molecule has 1 aliphatic heterocycles. The molecule has 0 radical (unpaired) electrons. The molecule has 25 heavy (non-hydrogen) atoms. The van der Waals surface area contributed by atoms with Crippen LogP contribution in [0.4, 0.5) is 9.18 Å². The third kappa shape index (κ3) is 3.46. The van der Waals surface area contributed by atoms with Gasteiger partial charge in [-0.1, -0.05) is 24.4 Å². The van der Waals surface area contributed by atoms with Gasteiger partial charge in [0.25, 0.3) is 11.8 Å². The molecule has 1 saturated carbocycles. The molecule has 0 bridgehead atoms. The summed E-state index contributed by atoms with van der Waals surface area (Å²) in [5.41, 5.74) is -0.850. The molecule has 1 aliphatic carbocycles. The van der Waals surface area contributed by atoms with Gasteiger partial charge in [-0.25, -0.2) is 9.18 Å². The van der Waals surface area contributed by atoms with Crippen LogP contribution >= 0.6 is 11.6 Å². The first kappa shape index (κ1) is 17.7. The Kier molecular flexibility index (Phi) is 4.94. The van der Waals surface area contributed by atoms with Gasteiger partial charge >= 0.3 is 6.03 Å². The molecule has 2 aliphatic rings. The predicted molar refractivity (Wildman–Crippen MR) is 89.8 cm³/mol. The number of hydrogen-bond donors (Lipinski definition) is 2. The van der Waals surface area contributed by atoms with Crippen LogP contribution in [0.3, 0.4) is 0 Å². The van der Waals surface area contributed by atoms with Crippen molar-refractivity contribution in [3.63, 3.8) is 0 Å². The number of amides is 4. The van der Waals surface area contributed by atoms with Crippen molar-refractivity contribution >= 4 is 29.4 Å². The Hall–Kier alpha value is -2.15. The zero-order valence-corrected chi connectivity index (χ0v) is 14.4. The second-order valence-corrected chi connectivity index (χ2v) is 6.85. The van der Waals surface area contributed by atoms with Crippen molar-refractivity contribution in [1.82, 2.24) is 15.5 Å². The summed E-state index contributed by atoms with van der Waals surface area (Å²) in [6, 6.07) is 3.38. The van der Waals surface area contributed by atoms with Gasteiger partial charge in [0.05, 0.1) is 5.56 Å². The van der Waals surface area contributed by atoms with Gasteiger partial charge < -0.3 is 10.6 Å². The lowest BCUT2D eigenvalue weighted by molar-refractivity contribution is -0.131. The Morgan fingerprint density at radius 3 is 2.76 bits per heavy atom. The monoisotopic (exact) mass is 367 g/mol. The minimum Gasteiger partial charge on any atom is -0.352 e. The van der Waals surface area contributed by atoms with Crippen molar-refractivity contribution in [3.8, 4) is 0 Å². The fraction of sp³-hybridized carbons (Fsp3) is 0.471. The van der Waals surface area contributed by atoms with E-state index in [0.29, 0.717) is 19.3 Å². The van der Waals surface area contributed by atoms with Crippen molar-refractivity contribution in [2.45, 2.75) is 37.6 Å². The van der Waals surface area contributed by atoms with Crippen molar-refractivity contribution in [3.05, 3.63) is 34.6 Å². The van der Waals surface area contributed by atoms with Crippen molar-refractivity contribution in [2.24, 2.45) is 0 Å². The van der Waals surface area contributed by atoms with E-state index in [1.54, 1.807) is 0 Å². The van der Waals surface area contributed by atoms with Gasteiger partial charge in [-0.05, 0) is 37.5 Å². The third-order valence-corrected chi connectivity index (χ3v) is 4.96. The van der Waals surface area contributed by atoms with Crippen LogP contribution in [0.25, 0.3) is 0 Å². The largest absolute Gasteiger partial charge is 0.352 e. The molecule has 0 atom stereocenters. The number of carbonyl (C=O) groups is 3. The van der Waals surface area contributed by atoms with Gasteiger partial charge in [0.1, 0.15) is 11.4 Å². The molecule has 1 saturated heterocycles. The van der Waals surface area contributed by atoms with E-state index in [-0.39, 0.29) is 35.6 Å². The van der Waals surface area contributed by atoms with Gasteiger partial charge in [0.15, 0.2) is 0 Å². The lowest BCUT2D eigenvalue weighted by atomic mass is 9.98. The third-order valence-electron chi connectivity index (χ3n) is 4.72. The van der Waals surface area contributed by atoms with Crippen LogP contribution in [0.15, 0.2) is 18.2 Å². The van der Waals surface area contributed by atoms with E-state index in [9.17, 15) is 18.8 Å². The molecule has 1 aromatic carbocycles. The summed E-state index contributed by atoms with van der Waals surface area (Å²) < 4.78 is 13.6. The maximum atomic E-state index is 13.6. The number of nitrogens with one attached hydrogen (secondary N) is 2. The topological polar surface area (TPSA) is 78.5 Å². The molecule has 2 fully saturated rings. The highest BCUT2D eigenvalue weighted by Crippen LogP contribution is 2.34. The van der Waals surface area contributed by atoms with Crippen LogP contribution in [-0.4, -0.2) is 41.4 Å². The standard InChI is InChI=1S/C17H19ClFN3O3/c18-11-4-5-13(19)12(10-11)14(23)20-8-3-9-22-15(24)17(21-16(22)25)6-1-2-7-17/h4-5,10H,1-3,6-9H2,(H,20,23)(H,21,25). The van der Waals surface area contributed by atoms with Crippen LogP contribution in [-0.2, 0) is 4.79 Å². The van der Waals surface area contributed by atoms with Crippen LogP contribution in [0.5, 0.6) is 0 Å². The molecule has 1 spiro atoms. The molecule has 1 heterocycles. The zero-order valence-electron chi connectivity index (χ0n) is 13.6. The molecule has 2 N–H and O–H groups in total. The molecular formula is C17H19ClFN3O3. The van der Waals surface area contributed by atoms with E-state index in [0.717, 1.165) is 18.9 Å². The molecule has 6 nitrogen and oxygen atoms in total. The summed E-state index contributed by atoms with van der Waals surface area (Å²) in [7, 11) is 0. The summed E-state index contributed by atoms with van der Waals surface area (Å²) in [5.74, 6) is -1.41. The molecule has 0 aromatic heterocycles. The fourth-order valence-corrected chi connectivity index (χ4v) is 3.57. The fourth-order valence-electron chi connectivity index (χ4n) is 3.40. The maximum Gasteiger partial charge on any atom is 0.325 e. The van der Waals surface area contributed by atoms with E-state index < -0.39 is 17.3 Å². The van der Waals surface area contributed by atoms with Gasteiger partial charge in [-0.3, -0.25) is 14.5 Å². The Morgan fingerprint density at radius 2 is 2.04 bits per heavy atom. The number of halogens is 2. The molecule has 8 heteroatoms. The number of nitrogens with zero attached hydrogens (tertiary/aromatic N) is 1. The lowest BCUT2D eigenvalue weighted by Gasteiger charge is -2.20. The minimum atomic E-state index is -0.718. The van der Waals surface area contributed by atoms with Gasteiger partial charge in [0, 0.05) is 18.1 Å². The highest BCUT2D eigenvalue weighted by Gasteiger charge is 2.51. The van der Waals surface area contributed by atoms with Gasteiger partial charge in [-0.2, -0.15) is 0 Å². The smallest absolute Gasteiger partial charge is 0.325 e. The average Bonchev–Trinajstić information content (AvgIpc) is 3.13. The van der Waals surface area contributed by atoms with Crippen LogP contribution in [0.2, 0.25) is 5.02 Å². The van der Waals surface area contributed by atoms with Crippen LogP contribution < -0.4 is 10.6 Å². The maximum absolute atomic E-state index is 13.6. The second kappa shape index (κ2) is 7.00. The lowest BCUT2D eigenvalue weighted by Crippen LogP contribution is -2.44. The van der Waals surface area contributed by atoms with Crippen LogP contribution in [0, 0.1) is 5.82 Å². The Morgan fingerprint density at radius 1 is 1.32 bits per heavy atom. The second-order valence-electron chi connectivity index (χ2n) is 6.41. The number of imide groups is 1. The first-order valence-corrected chi connectivity index (χ1v) is 8.68. The van der Waals surface area contributed by atoms with Crippen molar-refractivity contribution in [2.75, 3.05) is 13.1 Å². The average molecular weight is 368 g/mol. The summed E-state index contributed by atoms with van der Waals surface area (Å²) >= 11 is 5.76. The first-order chi connectivity index (χ1) is 11.9. The Bertz CT molecular complexity index is 719. The van der Waals surface area contributed by atoms with Gasteiger partial charge in [0.2, 0.25) is 0 Å². The Balaban J connectivity index is 1.50. The van der Waals surface area contributed by atoms with Crippen molar-refractivity contribution in [1.29, 1.82) is 0 Å². The van der Waals surface area contributed by atoms with Crippen molar-refractivity contribution < 1.29 is 18.8 Å². The Labute approximate surface area is 149 Å².